The minimum Gasteiger partial charge on any atom is -0.348 e. The first-order valence-electron chi connectivity index (χ1n) is 8.47. The molecule has 2 heterocycles. The van der Waals surface area contributed by atoms with Crippen molar-refractivity contribution in [2.45, 2.75) is 13.5 Å². The Morgan fingerprint density at radius 2 is 1.85 bits per heavy atom. The van der Waals surface area contributed by atoms with E-state index in [4.69, 9.17) is 4.52 Å². The number of nitrogens with one attached hydrogen (secondary N) is 1. The summed E-state index contributed by atoms with van der Waals surface area (Å²) in [5.74, 6) is -0.586. The Morgan fingerprint density at radius 3 is 2.59 bits per heavy atom. The van der Waals surface area contributed by atoms with Gasteiger partial charge in [-0.05, 0) is 42.8 Å². The Labute approximate surface area is 154 Å². The van der Waals surface area contributed by atoms with Crippen LogP contribution in [0.2, 0.25) is 0 Å². The van der Waals surface area contributed by atoms with Crippen molar-refractivity contribution in [2.24, 2.45) is 0 Å². The molecule has 134 valence electrons. The number of carbonyl (C=O) groups excluding carboxylic acids is 1. The minimum absolute atomic E-state index is 0.249. The van der Waals surface area contributed by atoms with E-state index >= 15 is 0 Å². The molecule has 2 aromatic carbocycles. The molecule has 0 atom stereocenters. The predicted molar refractivity (Wildman–Crippen MR) is 99.5 cm³/mol. The zero-order valence-corrected chi connectivity index (χ0v) is 14.6. The SMILES string of the molecule is Cc1noc2nc(-c3ccc(F)cc3)cc(C(=O)NCc3ccccc3)c12. The molecule has 0 saturated heterocycles. The molecule has 1 amide bonds. The monoisotopic (exact) mass is 361 g/mol. The van der Waals surface area contributed by atoms with Crippen molar-refractivity contribution in [2.75, 3.05) is 0 Å². The van der Waals surface area contributed by atoms with Crippen LogP contribution in [-0.4, -0.2) is 16.0 Å². The van der Waals surface area contributed by atoms with Crippen LogP contribution in [0.25, 0.3) is 22.4 Å². The van der Waals surface area contributed by atoms with E-state index in [1.54, 1.807) is 25.1 Å². The smallest absolute Gasteiger partial charge is 0.259 e. The molecule has 0 radical (unpaired) electrons. The van der Waals surface area contributed by atoms with Gasteiger partial charge in [-0.15, -0.1) is 0 Å². The molecule has 0 aliphatic rings. The van der Waals surface area contributed by atoms with E-state index in [0.717, 1.165) is 5.56 Å². The molecule has 1 N–H and O–H groups in total. The number of aryl methyl sites for hydroxylation is 1. The summed E-state index contributed by atoms with van der Waals surface area (Å²) < 4.78 is 18.5. The van der Waals surface area contributed by atoms with Crippen LogP contribution in [0.1, 0.15) is 21.6 Å². The quantitative estimate of drug-likeness (QED) is 0.589. The van der Waals surface area contributed by atoms with Crippen LogP contribution in [0.5, 0.6) is 0 Å². The average Bonchev–Trinajstić information content (AvgIpc) is 3.08. The largest absolute Gasteiger partial charge is 0.348 e. The predicted octanol–water partition coefficient (Wildman–Crippen LogP) is 4.27. The van der Waals surface area contributed by atoms with E-state index < -0.39 is 0 Å². The third-order valence-electron chi connectivity index (χ3n) is 4.30. The van der Waals surface area contributed by atoms with Crippen LogP contribution in [0, 0.1) is 12.7 Å². The summed E-state index contributed by atoms with van der Waals surface area (Å²) in [5, 5.41) is 7.42. The molecule has 0 aliphatic heterocycles. The zero-order valence-electron chi connectivity index (χ0n) is 14.6. The maximum atomic E-state index is 13.2. The molecule has 0 spiro atoms. The summed E-state index contributed by atoms with van der Waals surface area (Å²) >= 11 is 0. The summed E-state index contributed by atoms with van der Waals surface area (Å²) in [6.07, 6.45) is 0. The topological polar surface area (TPSA) is 68.0 Å². The number of rotatable bonds is 4. The van der Waals surface area contributed by atoms with Crippen LogP contribution < -0.4 is 5.32 Å². The summed E-state index contributed by atoms with van der Waals surface area (Å²) in [6.45, 7) is 2.17. The fourth-order valence-corrected chi connectivity index (χ4v) is 2.92. The Balaban J connectivity index is 1.72. The number of benzene rings is 2. The average molecular weight is 361 g/mol. The second kappa shape index (κ2) is 6.99. The first kappa shape index (κ1) is 16.9. The fraction of sp³-hybridized carbons (Fsp3) is 0.0952. The van der Waals surface area contributed by atoms with Gasteiger partial charge in [-0.3, -0.25) is 4.79 Å². The van der Waals surface area contributed by atoms with E-state index in [2.05, 4.69) is 15.5 Å². The Kier molecular flexibility index (Phi) is 4.38. The number of halogens is 1. The van der Waals surface area contributed by atoms with Gasteiger partial charge in [0.05, 0.1) is 22.3 Å². The van der Waals surface area contributed by atoms with E-state index in [9.17, 15) is 9.18 Å². The molecule has 0 fully saturated rings. The van der Waals surface area contributed by atoms with Crippen molar-refractivity contribution >= 4 is 17.0 Å². The van der Waals surface area contributed by atoms with Gasteiger partial charge in [-0.1, -0.05) is 35.5 Å². The van der Waals surface area contributed by atoms with Gasteiger partial charge in [0.2, 0.25) is 0 Å². The standard InChI is InChI=1S/C21H16FN3O2/c1-13-19-17(20(26)23-12-14-5-3-2-4-6-14)11-18(24-21(19)27-25-13)15-7-9-16(22)10-8-15/h2-11H,12H2,1H3,(H,23,26). The number of pyridine rings is 1. The van der Waals surface area contributed by atoms with Crippen LogP contribution in [0.4, 0.5) is 4.39 Å². The molecule has 5 nitrogen and oxygen atoms in total. The lowest BCUT2D eigenvalue weighted by molar-refractivity contribution is 0.0952. The van der Waals surface area contributed by atoms with Gasteiger partial charge in [-0.2, -0.15) is 0 Å². The van der Waals surface area contributed by atoms with Crippen molar-refractivity contribution in [3.8, 4) is 11.3 Å². The van der Waals surface area contributed by atoms with E-state index in [0.29, 0.717) is 34.4 Å². The van der Waals surface area contributed by atoms with E-state index in [1.807, 2.05) is 30.3 Å². The summed E-state index contributed by atoms with van der Waals surface area (Å²) in [5.41, 5.74) is 3.49. The van der Waals surface area contributed by atoms with Crippen molar-refractivity contribution in [1.82, 2.24) is 15.5 Å². The lowest BCUT2D eigenvalue weighted by Gasteiger charge is -2.08. The number of hydrogen-bond acceptors (Lipinski definition) is 4. The number of fused-ring (bicyclic) bond motifs is 1. The lowest BCUT2D eigenvalue weighted by Crippen LogP contribution is -2.23. The van der Waals surface area contributed by atoms with Crippen LogP contribution in [-0.2, 0) is 6.54 Å². The van der Waals surface area contributed by atoms with Gasteiger partial charge in [-0.25, -0.2) is 9.37 Å². The molecular weight excluding hydrogens is 345 g/mol. The van der Waals surface area contributed by atoms with Gasteiger partial charge in [0.1, 0.15) is 5.82 Å². The van der Waals surface area contributed by atoms with Crippen molar-refractivity contribution < 1.29 is 13.7 Å². The van der Waals surface area contributed by atoms with Crippen molar-refractivity contribution in [3.05, 3.63) is 83.3 Å². The van der Waals surface area contributed by atoms with Crippen LogP contribution >= 0.6 is 0 Å². The second-order valence-electron chi connectivity index (χ2n) is 6.18. The Morgan fingerprint density at radius 1 is 1.11 bits per heavy atom. The molecule has 4 aromatic rings. The molecule has 2 aromatic heterocycles. The normalized spacial score (nSPS) is 10.9. The molecular formula is C21H16FN3O2. The Hall–Kier alpha value is -3.54. The number of nitrogens with zero attached hydrogens (tertiary/aromatic N) is 2. The Bertz CT molecular complexity index is 1110. The van der Waals surface area contributed by atoms with Gasteiger partial charge in [0, 0.05) is 12.1 Å². The number of hydrogen-bond donors (Lipinski definition) is 1. The first-order valence-corrected chi connectivity index (χ1v) is 8.47. The van der Waals surface area contributed by atoms with Gasteiger partial charge < -0.3 is 9.84 Å². The molecule has 0 bridgehead atoms. The highest BCUT2D eigenvalue weighted by molar-refractivity contribution is 6.06. The van der Waals surface area contributed by atoms with Gasteiger partial charge in [0.25, 0.3) is 11.6 Å². The molecule has 27 heavy (non-hydrogen) atoms. The summed E-state index contributed by atoms with van der Waals surface area (Å²) in [6, 6.07) is 17.2. The zero-order chi connectivity index (χ0) is 18.8. The third kappa shape index (κ3) is 3.42. The third-order valence-corrected chi connectivity index (χ3v) is 4.30. The van der Waals surface area contributed by atoms with Crippen LogP contribution in [0.3, 0.4) is 0 Å². The highest BCUT2D eigenvalue weighted by Crippen LogP contribution is 2.27. The molecule has 0 aliphatic carbocycles. The molecule has 6 heteroatoms. The molecule has 0 unspecified atom stereocenters. The molecule has 0 saturated carbocycles. The number of carbonyl (C=O) groups is 1. The van der Waals surface area contributed by atoms with Crippen LogP contribution in [0.15, 0.2) is 65.2 Å². The first-order chi connectivity index (χ1) is 13.1. The highest BCUT2D eigenvalue weighted by atomic mass is 19.1. The van der Waals surface area contributed by atoms with Crippen molar-refractivity contribution in [3.63, 3.8) is 0 Å². The van der Waals surface area contributed by atoms with Crippen molar-refractivity contribution in [1.29, 1.82) is 0 Å². The number of aromatic nitrogens is 2. The fourth-order valence-electron chi connectivity index (χ4n) is 2.92. The molecule has 4 rings (SSSR count). The van der Waals surface area contributed by atoms with Gasteiger partial charge >= 0.3 is 0 Å². The minimum atomic E-state index is -0.337. The second-order valence-corrected chi connectivity index (χ2v) is 6.18. The summed E-state index contributed by atoms with van der Waals surface area (Å²) in [4.78, 5) is 17.3. The van der Waals surface area contributed by atoms with E-state index in [1.165, 1.54) is 12.1 Å². The highest BCUT2D eigenvalue weighted by Gasteiger charge is 2.19. The maximum Gasteiger partial charge on any atom is 0.259 e. The summed E-state index contributed by atoms with van der Waals surface area (Å²) in [7, 11) is 0. The van der Waals surface area contributed by atoms with E-state index in [-0.39, 0.29) is 17.4 Å². The number of amides is 1. The lowest BCUT2D eigenvalue weighted by atomic mass is 10.0. The maximum absolute atomic E-state index is 13.2. The van der Waals surface area contributed by atoms with Gasteiger partial charge in [0.15, 0.2) is 0 Å².